The van der Waals surface area contributed by atoms with Gasteiger partial charge in [-0.25, -0.2) is 0 Å². The molecular weight excluding hydrogens is 262 g/mol. The van der Waals surface area contributed by atoms with Crippen molar-refractivity contribution < 1.29 is 19.4 Å². The third-order valence-electron chi connectivity index (χ3n) is 3.06. The van der Waals surface area contributed by atoms with Gasteiger partial charge in [-0.1, -0.05) is 0 Å². The highest BCUT2D eigenvalue weighted by Crippen LogP contribution is 2.12. The number of aliphatic carboxylic acids is 1. The minimum absolute atomic E-state index is 0.105. The zero-order valence-corrected chi connectivity index (χ0v) is 11.2. The van der Waals surface area contributed by atoms with Crippen LogP contribution >= 0.6 is 0 Å². The Balaban J connectivity index is 2.02. The first kappa shape index (κ1) is 14.3. The third-order valence-corrected chi connectivity index (χ3v) is 3.06. The predicted molar refractivity (Wildman–Crippen MR) is 70.8 cm³/mol. The van der Waals surface area contributed by atoms with Crippen LogP contribution in [0.15, 0.2) is 18.5 Å². The van der Waals surface area contributed by atoms with Crippen LogP contribution in [0.4, 0.5) is 0 Å². The number of aromatic nitrogens is 2. The van der Waals surface area contributed by atoms with E-state index < -0.39 is 12.0 Å². The quantitative estimate of drug-likeness (QED) is 0.792. The lowest BCUT2D eigenvalue weighted by Gasteiger charge is -2.34. The molecule has 7 heteroatoms. The lowest BCUT2D eigenvalue weighted by molar-refractivity contribution is -0.143. The summed E-state index contributed by atoms with van der Waals surface area (Å²) in [6.45, 7) is 1.11. The number of amides is 1. The number of morpholine rings is 1. The highest BCUT2D eigenvalue weighted by Gasteiger charge is 2.27. The number of carboxylic acid groups (broad SMARTS) is 1. The van der Waals surface area contributed by atoms with E-state index >= 15 is 0 Å². The molecule has 0 saturated carbocycles. The Hall–Kier alpha value is -2.15. The van der Waals surface area contributed by atoms with Gasteiger partial charge in [0, 0.05) is 31.4 Å². The van der Waals surface area contributed by atoms with Gasteiger partial charge in [-0.05, 0) is 6.08 Å². The number of carbonyl (C=O) groups excluding carboxylic acids is 1. The van der Waals surface area contributed by atoms with Gasteiger partial charge in [-0.3, -0.25) is 14.3 Å². The van der Waals surface area contributed by atoms with Gasteiger partial charge in [0.05, 0.1) is 31.9 Å². The van der Waals surface area contributed by atoms with Crippen LogP contribution in [0.5, 0.6) is 0 Å². The Kier molecular flexibility index (Phi) is 4.52. The summed E-state index contributed by atoms with van der Waals surface area (Å²) < 4.78 is 6.88. The molecule has 0 aromatic carbocycles. The second-order valence-corrected chi connectivity index (χ2v) is 4.64. The molecule has 2 rings (SSSR count). The van der Waals surface area contributed by atoms with Crippen LogP contribution in [0.2, 0.25) is 0 Å². The van der Waals surface area contributed by atoms with Crippen LogP contribution in [0.25, 0.3) is 6.08 Å². The number of hydrogen-bond acceptors (Lipinski definition) is 4. The van der Waals surface area contributed by atoms with E-state index in [0.717, 1.165) is 5.56 Å². The van der Waals surface area contributed by atoms with E-state index in [0.29, 0.717) is 13.2 Å². The topological polar surface area (TPSA) is 84.7 Å². The first-order valence-corrected chi connectivity index (χ1v) is 6.33. The molecule has 1 aliphatic rings. The Morgan fingerprint density at radius 3 is 3.05 bits per heavy atom. The average Bonchev–Trinajstić information content (AvgIpc) is 2.82. The fourth-order valence-electron chi connectivity index (χ4n) is 2.11. The Bertz CT molecular complexity index is 523. The Morgan fingerprint density at radius 2 is 2.40 bits per heavy atom. The molecule has 108 valence electrons. The number of nitrogens with zero attached hydrogens (tertiary/aromatic N) is 3. The van der Waals surface area contributed by atoms with Crippen molar-refractivity contribution in [3.8, 4) is 0 Å². The highest BCUT2D eigenvalue weighted by molar-refractivity contribution is 5.92. The van der Waals surface area contributed by atoms with Crippen LogP contribution in [-0.2, 0) is 21.4 Å². The minimum atomic E-state index is -0.936. The number of hydrogen-bond donors (Lipinski definition) is 1. The summed E-state index contributed by atoms with van der Waals surface area (Å²) in [6.07, 6.45) is 6.45. The second kappa shape index (κ2) is 6.33. The van der Waals surface area contributed by atoms with Gasteiger partial charge in [-0.15, -0.1) is 0 Å². The van der Waals surface area contributed by atoms with Gasteiger partial charge in [-0.2, -0.15) is 5.10 Å². The maximum Gasteiger partial charge on any atom is 0.305 e. The molecule has 1 aromatic rings. The molecule has 20 heavy (non-hydrogen) atoms. The molecule has 1 unspecified atom stereocenters. The molecule has 2 heterocycles. The number of carbonyl (C=O) groups is 2. The molecule has 7 nitrogen and oxygen atoms in total. The molecule has 1 N–H and O–H groups in total. The smallest absolute Gasteiger partial charge is 0.305 e. The van der Waals surface area contributed by atoms with Gasteiger partial charge in [0.1, 0.15) is 0 Å². The van der Waals surface area contributed by atoms with Crippen molar-refractivity contribution in [3.63, 3.8) is 0 Å². The molecule has 0 aliphatic carbocycles. The van der Waals surface area contributed by atoms with E-state index in [1.807, 2.05) is 0 Å². The van der Waals surface area contributed by atoms with Gasteiger partial charge >= 0.3 is 5.97 Å². The second-order valence-electron chi connectivity index (χ2n) is 4.64. The molecule has 1 amide bonds. The van der Waals surface area contributed by atoms with Crippen molar-refractivity contribution in [2.75, 3.05) is 19.8 Å². The SMILES string of the molecule is Cn1cc(/C=C/C(=O)N2CCOCC2CC(=O)O)cn1. The fraction of sp³-hybridized carbons (Fsp3) is 0.462. The monoisotopic (exact) mass is 279 g/mol. The minimum Gasteiger partial charge on any atom is -0.481 e. The molecule has 1 aliphatic heterocycles. The maximum atomic E-state index is 12.1. The lowest BCUT2D eigenvalue weighted by Crippen LogP contribution is -2.49. The van der Waals surface area contributed by atoms with Crippen LogP contribution in [0, 0.1) is 0 Å². The lowest BCUT2D eigenvalue weighted by atomic mass is 10.1. The summed E-state index contributed by atoms with van der Waals surface area (Å²) in [7, 11) is 1.80. The number of rotatable bonds is 4. The summed E-state index contributed by atoms with van der Waals surface area (Å²) in [5, 5.41) is 12.9. The first-order valence-electron chi connectivity index (χ1n) is 6.33. The van der Waals surface area contributed by atoms with Crippen molar-refractivity contribution >= 4 is 18.0 Å². The highest BCUT2D eigenvalue weighted by atomic mass is 16.5. The largest absolute Gasteiger partial charge is 0.481 e. The van der Waals surface area contributed by atoms with Gasteiger partial charge in [0.15, 0.2) is 0 Å². The molecule has 1 fully saturated rings. The van der Waals surface area contributed by atoms with Crippen LogP contribution < -0.4 is 0 Å². The molecule has 0 bridgehead atoms. The van der Waals surface area contributed by atoms with Crippen LogP contribution in [0.3, 0.4) is 0 Å². The first-order chi connectivity index (χ1) is 9.56. The van der Waals surface area contributed by atoms with Crippen molar-refractivity contribution in [1.82, 2.24) is 14.7 Å². The molecule has 1 saturated heterocycles. The van der Waals surface area contributed by atoms with E-state index in [2.05, 4.69) is 5.10 Å². The van der Waals surface area contributed by atoms with Crippen molar-refractivity contribution in [2.24, 2.45) is 7.05 Å². The molecular formula is C13H17N3O4. The van der Waals surface area contributed by atoms with Crippen LogP contribution in [0.1, 0.15) is 12.0 Å². The summed E-state index contributed by atoms with van der Waals surface area (Å²) in [6, 6.07) is -0.410. The maximum absolute atomic E-state index is 12.1. The summed E-state index contributed by atoms with van der Waals surface area (Å²) in [5.74, 6) is -1.14. The van der Waals surface area contributed by atoms with E-state index in [1.54, 1.807) is 35.1 Å². The molecule has 1 atom stereocenters. The van der Waals surface area contributed by atoms with E-state index in [1.165, 1.54) is 6.08 Å². The summed E-state index contributed by atoms with van der Waals surface area (Å²) in [4.78, 5) is 24.5. The zero-order valence-electron chi connectivity index (χ0n) is 11.2. The van der Waals surface area contributed by atoms with Gasteiger partial charge < -0.3 is 14.7 Å². The fourth-order valence-corrected chi connectivity index (χ4v) is 2.11. The van der Waals surface area contributed by atoms with E-state index in [9.17, 15) is 9.59 Å². The van der Waals surface area contributed by atoms with Crippen molar-refractivity contribution in [2.45, 2.75) is 12.5 Å². The van der Waals surface area contributed by atoms with E-state index in [4.69, 9.17) is 9.84 Å². The van der Waals surface area contributed by atoms with Gasteiger partial charge in [0.25, 0.3) is 0 Å². The Morgan fingerprint density at radius 1 is 1.60 bits per heavy atom. The van der Waals surface area contributed by atoms with Crippen molar-refractivity contribution in [3.05, 3.63) is 24.0 Å². The predicted octanol–water partition coefficient (Wildman–Crippen LogP) is 0.135. The average molecular weight is 279 g/mol. The molecule has 0 radical (unpaired) electrons. The van der Waals surface area contributed by atoms with E-state index in [-0.39, 0.29) is 18.9 Å². The zero-order chi connectivity index (χ0) is 14.5. The van der Waals surface area contributed by atoms with Crippen molar-refractivity contribution in [1.29, 1.82) is 0 Å². The van der Waals surface area contributed by atoms with Gasteiger partial charge in [0.2, 0.25) is 5.91 Å². The standard InChI is InChI=1S/C13H17N3O4/c1-15-8-10(7-14-15)2-3-12(17)16-4-5-20-9-11(16)6-13(18)19/h2-3,7-8,11H,4-6,9H2,1H3,(H,18,19)/b3-2+. The number of carboxylic acids is 1. The van der Waals surface area contributed by atoms with Crippen LogP contribution in [-0.4, -0.2) is 57.5 Å². The normalized spacial score (nSPS) is 19.4. The Labute approximate surface area is 116 Å². The number of ether oxygens (including phenoxy) is 1. The summed E-state index contributed by atoms with van der Waals surface area (Å²) in [5.41, 5.74) is 0.823. The number of aryl methyl sites for hydroxylation is 1. The summed E-state index contributed by atoms with van der Waals surface area (Å²) >= 11 is 0. The molecule has 0 spiro atoms. The third kappa shape index (κ3) is 3.67. The molecule has 1 aromatic heterocycles.